The van der Waals surface area contributed by atoms with Crippen LogP contribution in [0.2, 0.25) is 0 Å². The summed E-state index contributed by atoms with van der Waals surface area (Å²) in [6, 6.07) is 8.96. The number of nitrogens with two attached hydrogens (primary N) is 1. The van der Waals surface area contributed by atoms with E-state index in [0.29, 0.717) is 0 Å². The van der Waals surface area contributed by atoms with Gasteiger partial charge in [0.1, 0.15) is 5.75 Å². The van der Waals surface area contributed by atoms with Gasteiger partial charge in [0.25, 0.3) is 0 Å². The summed E-state index contributed by atoms with van der Waals surface area (Å²) in [6.45, 7) is 0. The monoisotopic (exact) mass is 273 g/mol. The molecule has 0 spiro atoms. The Morgan fingerprint density at radius 2 is 2.11 bits per heavy atom. The summed E-state index contributed by atoms with van der Waals surface area (Å²) in [6.07, 6.45) is 4.67. The zero-order valence-electron chi connectivity index (χ0n) is 11.2. The molecule has 0 aliphatic heterocycles. The molecule has 19 heavy (non-hydrogen) atoms. The third kappa shape index (κ3) is 2.67. The largest absolute Gasteiger partial charge is 0.496 e. The lowest BCUT2D eigenvalue weighted by atomic mass is 10.0. The molecule has 2 nitrogen and oxygen atoms in total. The summed E-state index contributed by atoms with van der Waals surface area (Å²) in [5.74, 6) is 0.907. The highest BCUT2D eigenvalue weighted by molar-refractivity contribution is 7.10. The molecule has 2 N–H and O–H groups in total. The van der Waals surface area contributed by atoms with Crippen molar-refractivity contribution in [1.82, 2.24) is 0 Å². The van der Waals surface area contributed by atoms with Crippen molar-refractivity contribution in [3.63, 3.8) is 0 Å². The summed E-state index contributed by atoms with van der Waals surface area (Å²) in [4.78, 5) is 1.19. The number of aryl methyl sites for hydroxylation is 2. The van der Waals surface area contributed by atoms with Gasteiger partial charge in [-0.1, -0.05) is 18.2 Å². The second kappa shape index (κ2) is 5.35. The molecule has 100 valence electrons. The van der Waals surface area contributed by atoms with Gasteiger partial charge in [-0.3, -0.25) is 0 Å². The zero-order valence-corrected chi connectivity index (χ0v) is 12.0. The highest BCUT2D eigenvalue weighted by atomic mass is 32.1. The van der Waals surface area contributed by atoms with Crippen LogP contribution in [-0.2, 0) is 19.3 Å². The first-order chi connectivity index (χ1) is 9.26. The topological polar surface area (TPSA) is 35.2 Å². The quantitative estimate of drug-likeness (QED) is 0.925. The van der Waals surface area contributed by atoms with Gasteiger partial charge in [-0.05, 0) is 48.4 Å². The Hall–Kier alpha value is -1.32. The molecular weight excluding hydrogens is 254 g/mol. The molecule has 2 aromatic rings. The average Bonchev–Trinajstić information content (AvgIpc) is 3.06. The second-order valence-electron chi connectivity index (χ2n) is 5.16. The van der Waals surface area contributed by atoms with Gasteiger partial charge in [0, 0.05) is 16.3 Å². The molecule has 0 saturated carbocycles. The molecule has 1 aliphatic carbocycles. The van der Waals surface area contributed by atoms with E-state index in [1.165, 1.54) is 40.8 Å². The Kier molecular flexibility index (Phi) is 3.58. The van der Waals surface area contributed by atoms with Crippen LogP contribution in [0.15, 0.2) is 29.6 Å². The van der Waals surface area contributed by atoms with Crippen LogP contribution in [0.5, 0.6) is 5.75 Å². The fourth-order valence-electron chi connectivity index (χ4n) is 2.74. The maximum atomic E-state index is 6.30. The lowest BCUT2D eigenvalue weighted by Gasteiger charge is -2.11. The summed E-state index contributed by atoms with van der Waals surface area (Å²) in [7, 11) is 1.69. The van der Waals surface area contributed by atoms with Gasteiger partial charge >= 0.3 is 0 Å². The normalized spacial score (nSPS) is 15.3. The predicted octanol–water partition coefficient (Wildman–Crippen LogP) is 3.49. The molecule has 0 bridgehead atoms. The van der Waals surface area contributed by atoms with Crippen molar-refractivity contribution in [3.8, 4) is 5.75 Å². The van der Waals surface area contributed by atoms with Crippen LogP contribution >= 0.6 is 11.3 Å². The van der Waals surface area contributed by atoms with Crippen molar-refractivity contribution in [2.75, 3.05) is 7.11 Å². The molecule has 1 aromatic carbocycles. The Labute approximate surface area is 118 Å². The maximum Gasteiger partial charge on any atom is 0.129 e. The standard InChI is InChI=1S/C16H19NOS/c1-18-14-9-16(19-10-14)15(17)8-11-5-6-12-3-2-4-13(12)7-11/h5-7,9-10,15H,2-4,8,17H2,1H3. The summed E-state index contributed by atoms with van der Waals surface area (Å²) in [5, 5.41) is 2.01. The van der Waals surface area contributed by atoms with Crippen LogP contribution in [-0.4, -0.2) is 7.11 Å². The molecule has 1 aromatic heterocycles. The van der Waals surface area contributed by atoms with Crippen molar-refractivity contribution in [1.29, 1.82) is 0 Å². The Bertz CT molecular complexity index is 576. The van der Waals surface area contributed by atoms with E-state index in [0.717, 1.165) is 12.2 Å². The van der Waals surface area contributed by atoms with Crippen LogP contribution in [0.1, 0.15) is 34.0 Å². The molecule has 0 radical (unpaired) electrons. The minimum Gasteiger partial charge on any atom is -0.496 e. The van der Waals surface area contributed by atoms with Crippen LogP contribution in [0, 0.1) is 0 Å². The minimum atomic E-state index is 0.0633. The second-order valence-corrected chi connectivity index (χ2v) is 6.10. The lowest BCUT2D eigenvalue weighted by Crippen LogP contribution is -2.12. The van der Waals surface area contributed by atoms with Crippen molar-refractivity contribution in [2.45, 2.75) is 31.7 Å². The molecule has 0 amide bonds. The number of thiophene rings is 1. The lowest BCUT2D eigenvalue weighted by molar-refractivity contribution is 0.416. The van der Waals surface area contributed by atoms with Gasteiger partial charge in [-0.15, -0.1) is 11.3 Å². The number of fused-ring (bicyclic) bond motifs is 1. The van der Waals surface area contributed by atoms with E-state index in [1.807, 2.05) is 11.4 Å². The maximum absolute atomic E-state index is 6.30. The van der Waals surface area contributed by atoms with E-state index < -0.39 is 0 Å². The minimum absolute atomic E-state index is 0.0633. The van der Waals surface area contributed by atoms with Crippen LogP contribution < -0.4 is 10.5 Å². The van der Waals surface area contributed by atoms with E-state index in [2.05, 4.69) is 18.2 Å². The molecule has 1 heterocycles. The highest BCUT2D eigenvalue weighted by Crippen LogP contribution is 2.29. The number of rotatable bonds is 4. The predicted molar refractivity (Wildman–Crippen MR) is 80.0 cm³/mol. The van der Waals surface area contributed by atoms with Crippen LogP contribution in [0.4, 0.5) is 0 Å². The number of ether oxygens (including phenoxy) is 1. The third-order valence-electron chi connectivity index (χ3n) is 3.82. The molecule has 1 atom stereocenters. The van der Waals surface area contributed by atoms with Gasteiger partial charge in [0.15, 0.2) is 0 Å². The average molecular weight is 273 g/mol. The smallest absolute Gasteiger partial charge is 0.129 e. The molecule has 3 heteroatoms. The van der Waals surface area contributed by atoms with E-state index >= 15 is 0 Å². The molecule has 1 unspecified atom stereocenters. The summed E-state index contributed by atoms with van der Waals surface area (Å²) in [5.41, 5.74) is 10.7. The number of benzene rings is 1. The van der Waals surface area contributed by atoms with Gasteiger partial charge < -0.3 is 10.5 Å². The summed E-state index contributed by atoms with van der Waals surface area (Å²) >= 11 is 1.68. The fourth-order valence-corrected chi connectivity index (χ4v) is 3.60. The summed E-state index contributed by atoms with van der Waals surface area (Å²) < 4.78 is 5.21. The SMILES string of the molecule is COc1csc(C(N)Cc2ccc3c(c2)CCC3)c1. The number of methoxy groups -OCH3 is 1. The van der Waals surface area contributed by atoms with Gasteiger partial charge in [-0.25, -0.2) is 0 Å². The van der Waals surface area contributed by atoms with Crippen LogP contribution in [0.25, 0.3) is 0 Å². The van der Waals surface area contributed by atoms with Crippen molar-refractivity contribution in [2.24, 2.45) is 5.73 Å². The van der Waals surface area contributed by atoms with E-state index in [4.69, 9.17) is 10.5 Å². The van der Waals surface area contributed by atoms with Crippen molar-refractivity contribution >= 4 is 11.3 Å². The first-order valence-electron chi connectivity index (χ1n) is 6.75. The fraction of sp³-hybridized carbons (Fsp3) is 0.375. The van der Waals surface area contributed by atoms with Crippen LogP contribution in [0.3, 0.4) is 0 Å². The third-order valence-corrected chi connectivity index (χ3v) is 4.86. The van der Waals surface area contributed by atoms with Crippen molar-refractivity contribution in [3.05, 3.63) is 51.2 Å². The van der Waals surface area contributed by atoms with Gasteiger partial charge in [0.05, 0.1) is 7.11 Å². The number of hydrogen-bond donors (Lipinski definition) is 1. The zero-order chi connectivity index (χ0) is 13.2. The van der Waals surface area contributed by atoms with E-state index in [9.17, 15) is 0 Å². The van der Waals surface area contributed by atoms with Crippen molar-refractivity contribution < 1.29 is 4.74 Å². The Balaban J connectivity index is 1.73. The molecule has 1 aliphatic rings. The Morgan fingerprint density at radius 3 is 2.89 bits per heavy atom. The van der Waals surface area contributed by atoms with Gasteiger partial charge in [0.2, 0.25) is 0 Å². The molecule has 0 fully saturated rings. The van der Waals surface area contributed by atoms with E-state index in [1.54, 1.807) is 18.4 Å². The van der Waals surface area contributed by atoms with Gasteiger partial charge in [-0.2, -0.15) is 0 Å². The van der Waals surface area contributed by atoms with E-state index in [-0.39, 0.29) is 6.04 Å². The molecule has 0 saturated heterocycles. The number of hydrogen-bond acceptors (Lipinski definition) is 3. The first kappa shape index (κ1) is 12.7. The Morgan fingerprint density at radius 1 is 1.26 bits per heavy atom. The molecular formula is C16H19NOS. The highest BCUT2D eigenvalue weighted by Gasteiger charge is 2.14. The molecule has 3 rings (SSSR count). The first-order valence-corrected chi connectivity index (χ1v) is 7.63.